The van der Waals surface area contributed by atoms with Crippen LogP contribution in [0.1, 0.15) is 45.4 Å². The van der Waals surface area contributed by atoms with Crippen molar-refractivity contribution in [2.45, 2.75) is 75.6 Å². The Bertz CT molecular complexity index is 333. The molecular weight excluding hydrogens is 334 g/mol. The summed E-state index contributed by atoms with van der Waals surface area (Å²) in [6.07, 6.45) is -14.7. The summed E-state index contributed by atoms with van der Waals surface area (Å²) in [5.41, 5.74) is 0. The molecule has 1 atom stereocenters. The molecule has 0 bridgehead atoms. The van der Waals surface area contributed by atoms with Crippen LogP contribution in [0.3, 0.4) is 0 Å². The number of hydrogen-bond acceptors (Lipinski definition) is 0. The third-order valence-corrected chi connectivity index (χ3v) is 3.14. The average molecular weight is 350 g/mol. The zero-order valence-corrected chi connectivity index (χ0v) is 11.6. The van der Waals surface area contributed by atoms with E-state index in [9.17, 15) is 43.9 Å². The molecule has 0 aromatic heterocycles. The Hall–Kier alpha value is -0.700. The van der Waals surface area contributed by atoms with Gasteiger partial charge in [0.05, 0.1) is 0 Å². The molecule has 0 heterocycles. The fourth-order valence-corrected chi connectivity index (χ4v) is 1.66. The average Bonchev–Trinajstić information content (AvgIpc) is 2.35. The van der Waals surface area contributed by atoms with E-state index < -0.39 is 68.6 Å². The van der Waals surface area contributed by atoms with Crippen molar-refractivity contribution in [2.75, 3.05) is 0 Å². The van der Waals surface area contributed by atoms with Crippen molar-refractivity contribution in [3.05, 3.63) is 0 Å². The van der Waals surface area contributed by atoms with Gasteiger partial charge in [-0.15, -0.1) is 0 Å². The van der Waals surface area contributed by atoms with Crippen molar-refractivity contribution in [3.8, 4) is 0 Å². The van der Waals surface area contributed by atoms with Gasteiger partial charge >= 0.3 is 23.9 Å². The van der Waals surface area contributed by atoms with Crippen LogP contribution in [0.5, 0.6) is 0 Å². The molecule has 0 aliphatic rings. The van der Waals surface area contributed by atoms with Crippen LogP contribution in [0.4, 0.5) is 43.9 Å². The van der Waals surface area contributed by atoms with Crippen molar-refractivity contribution in [1.29, 1.82) is 0 Å². The smallest absolute Gasteiger partial charge is 0.241 e. The summed E-state index contributed by atoms with van der Waals surface area (Å²) in [5, 5.41) is 0. The van der Waals surface area contributed by atoms with Crippen molar-refractivity contribution < 1.29 is 43.9 Å². The lowest BCUT2D eigenvalue weighted by molar-refractivity contribution is -0.284. The molecule has 0 amide bonds. The minimum atomic E-state index is -5.74. The van der Waals surface area contributed by atoms with E-state index in [0.717, 1.165) is 6.92 Å². The maximum Gasteiger partial charge on any atom is 0.453 e. The molecule has 0 fully saturated rings. The van der Waals surface area contributed by atoms with Crippen molar-refractivity contribution in [2.24, 2.45) is 0 Å². The molecular formula is C12H16F10. The highest BCUT2D eigenvalue weighted by Gasteiger charge is 2.60. The number of unbranched alkanes of at least 4 members (excludes halogenated alkanes) is 2. The molecule has 1 unspecified atom stereocenters. The molecule has 0 aromatic rings. The summed E-state index contributed by atoms with van der Waals surface area (Å²) in [6.45, 7) is 0.952. The van der Waals surface area contributed by atoms with Gasteiger partial charge in [0.15, 0.2) is 6.17 Å². The maximum absolute atomic E-state index is 13.2. The Morgan fingerprint density at radius 1 is 0.682 bits per heavy atom. The van der Waals surface area contributed by atoms with Gasteiger partial charge in [-0.3, -0.25) is 0 Å². The fourth-order valence-electron chi connectivity index (χ4n) is 1.66. The number of alkyl halides is 10. The summed E-state index contributed by atoms with van der Waals surface area (Å²) in [7, 11) is 0. The molecule has 0 rings (SSSR count). The Labute approximate surface area is 120 Å². The summed E-state index contributed by atoms with van der Waals surface area (Å²) < 4.78 is 126. The van der Waals surface area contributed by atoms with Crippen LogP contribution < -0.4 is 0 Å². The lowest BCUT2D eigenvalue weighted by Gasteiger charge is -2.28. The van der Waals surface area contributed by atoms with Crippen LogP contribution in [0.25, 0.3) is 0 Å². The molecule has 0 radical (unpaired) electrons. The molecule has 22 heavy (non-hydrogen) atoms. The second kappa shape index (κ2) is 7.25. The highest BCUT2D eigenvalue weighted by molar-refractivity contribution is 4.90. The van der Waals surface area contributed by atoms with Gasteiger partial charge in [0.2, 0.25) is 0 Å². The second-order valence-corrected chi connectivity index (χ2v) is 4.97. The molecule has 0 N–H and O–H groups in total. The van der Waals surface area contributed by atoms with Crippen LogP contribution in [0.15, 0.2) is 0 Å². The lowest BCUT2D eigenvalue weighted by Crippen LogP contribution is -2.47. The number of halogens is 10. The minimum absolute atomic E-state index is 0.527. The summed E-state index contributed by atoms with van der Waals surface area (Å²) in [5.74, 6) is -14.5. The van der Waals surface area contributed by atoms with E-state index in [1.54, 1.807) is 0 Å². The third-order valence-electron chi connectivity index (χ3n) is 3.14. The number of rotatable bonds is 9. The molecule has 10 heteroatoms. The maximum atomic E-state index is 13.2. The van der Waals surface area contributed by atoms with Crippen LogP contribution in [0, 0.1) is 0 Å². The molecule has 0 nitrogen and oxygen atoms in total. The summed E-state index contributed by atoms with van der Waals surface area (Å²) >= 11 is 0. The minimum Gasteiger partial charge on any atom is -0.241 e. The van der Waals surface area contributed by atoms with Gasteiger partial charge in [-0.05, 0) is 19.3 Å². The predicted octanol–water partition coefficient (Wildman–Crippen LogP) is 6.15. The zero-order valence-electron chi connectivity index (χ0n) is 11.6. The molecule has 0 aliphatic carbocycles. The highest BCUT2D eigenvalue weighted by Crippen LogP contribution is 2.43. The Balaban J connectivity index is 4.32. The normalized spacial score (nSPS) is 16.0. The van der Waals surface area contributed by atoms with E-state index in [2.05, 4.69) is 0 Å². The first kappa shape index (κ1) is 21.3. The van der Waals surface area contributed by atoms with Gasteiger partial charge in [0, 0.05) is 12.8 Å². The van der Waals surface area contributed by atoms with E-state index in [4.69, 9.17) is 0 Å². The lowest BCUT2D eigenvalue weighted by atomic mass is 9.98. The molecule has 0 aliphatic heterocycles. The van der Waals surface area contributed by atoms with E-state index >= 15 is 0 Å². The molecule has 0 aromatic carbocycles. The topological polar surface area (TPSA) is 0 Å². The SMILES string of the molecule is CCC(F)C(F)(F)C(F)(F)CCCCCC(F)(F)C(F)(F)F. The summed E-state index contributed by atoms with van der Waals surface area (Å²) in [6, 6.07) is 0. The van der Waals surface area contributed by atoms with E-state index in [1.807, 2.05) is 0 Å². The first-order chi connectivity index (χ1) is 9.69. The largest absolute Gasteiger partial charge is 0.453 e. The van der Waals surface area contributed by atoms with Gasteiger partial charge in [0.25, 0.3) is 0 Å². The fraction of sp³-hybridized carbons (Fsp3) is 1.00. The quantitative estimate of drug-likeness (QED) is 0.345. The first-order valence-corrected chi connectivity index (χ1v) is 6.53. The zero-order chi connectivity index (χ0) is 17.8. The van der Waals surface area contributed by atoms with Crippen LogP contribution in [-0.4, -0.2) is 30.1 Å². The van der Waals surface area contributed by atoms with E-state index in [1.165, 1.54) is 0 Å². The summed E-state index contributed by atoms with van der Waals surface area (Å²) in [4.78, 5) is 0. The van der Waals surface area contributed by atoms with Gasteiger partial charge in [0.1, 0.15) is 0 Å². The monoisotopic (exact) mass is 350 g/mol. The van der Waals surface area contributed by atoms with Gasteiger partial charge < -0.3 is 0 Å². The van der Waals surface area contributed by atoms with E-state index in [0.29, 0.717) is 0 Å². The standard InChI is InChI=1S/C12H16F10/c1-2-8(13)11(18,19)9(14,15)6-4-3-5-7-10(16,17)12(20,21)22/h8H,2-7H2,1H3. The second-order valence-electron chi connectivity index (χ2n) is 4.97. The van der Waals surface area contributed by atoms with Gasteiger partial charge in [-0.25, -0.2) is 4.39 Å². The van der Waals surface area contributed by atoms with E-state index in [-0.39, 0.29) is 0 Å². The van der Waals surface area contributed by atoms with Crippen LogP contribution >= 0.6 is 0 Å². The van der Waals surface area contributed by atoms with Crippen molar-refractivity contribution >= 4 is 0 Å². The highest BCUT2D eigenvalue weighted by atomic mass is 19.4. The Morgan fingerprint density at radius 3 is 1.45 bits per heavy atom. The van der Waals surface area contributed by atoms with Crippen LogP contribution in [0.2, 0.25) is 0 Å². The third kappa shape index (κ3) is 5.19. The Morgan fingerprint density at radius 2 is 1.09 bits per heavy atom. The first-order valence-electron chi connectivity index (χ1n) is 6.53. The Kier molecular flexibility index (Phi) is 7.02. The van der Waals surface area contributed by atoms with Gasteiger partial charge in [-0.2, -0.15) is 39.5 Å². The molecule has 0 saturated carbocycles. The number of hydrogen-bond donors (Lipinski definition) is 0. The molecule has 0 saturated heterocycles. The predicted molar refractivity (Wildman–Crippen MR) is 59.2 cm³/mol. The molecule has 134 valence electrons. The van der Waals surface area contributed by atoms with Gasteiger partial charge in [-0.1, -0.05) is 13.3 Å². The van der Waals surface area contributed by atoms with Crippen molar-refractivity contribution in [3.63, 3.8) is 0 Å². The molecule has 0 spiro atoms. The van der Waals surface area contributed by atoms with Crippen molar-refractivity contribution in [1.82, 2.24) is 0 Å². The van der Waals surface area contributed by atoms with Crippen LogP contribution in [-0.2, 0) is 0 Å².